The highest BCUT2D eigenvalue weighted by Gasteiger charge is 2.11. The number of methoxy groups -OCH3 is 2. The van der Waals surface area contributed by atoms with Crippen molar-refractivity contribution in [3.05, 3.63) is 47.0 Å². The molecule has 2 aromatic carbocycles. The maximum Gasteiger partial charge on any atom is 0.257 e. The van der Waals surface area contributed by atoms with Crippen LogP contribution in [0.15, 0.2) is 36.4 Å². The van der Waals surface area contributed by atoms with Crippen LogP contribution in [0.3, 0.4) is 0 Å². The zero-order valence-corrected chi connectivity index (χ0v) is 12.4. The smallest absolute Gasteiger partial charge is 0.257 e. The predicted octanol–water partition coefficient (Wildman–Crippen LogP) is 3.19. The molecule has 110 valence electrons. The van der Waals surface area contributed by atoms with Crippen molar-refractivity contribution in [1.29, 1.82) is 0 Å². The van der Waals surface area contributed by atoms with Crippen molar-refractivity contribution in [2.75, 3.05) is 25.3 Å². The largest absolute Gasteiger partial charge is 0.497 e. The molecule has 0 saturated carbocycles. The van der Waals surface area contributed by atoms with Crippen LogP contribution in [0.2, 0.25) is 5.02 Å². The number of halogens is 1. The first kappa shape index (κ1) is 15.0. The van der Waals surface area contributed by atoms with Gasteiger partial charge in [0.25, 0.3) is 5.91 Å². The number of carbonyl (C=O) groups excluding carboxylic acids is 1. The second kappa shape index (κ2) is 6.37. The van der Waals surface area contributed by atoms with Crippen LogP contribution in [-0.2, 0) is 0 Å². The second-order valence-electron chi connectivity index (χ2n) is 4.29. The lowest BCUT2D eigenvalue weighted by Gasteiger charge is -2.11. The van der Waals surface area contributed by atoms with Crippen LogP contribution in [0.5, 0.6) is 11.5 Å². The molecule has 0 heterocycles. The number of hydrogen-bond donors (Lipinski definition) is 2. The molecule has 0 aliphatic carbocycles. The molecule has 0 aliphatic rings. The molecule has 0 radical (unpaired) electrons. The number of nitrogen functional groups attached to an aromatic ring is 1. The minimum Gasteiger partial charge on any atom is -0.497 e. The quantitative estimate of drug-likeness (QED) is 0.851. The third kappa shape index (κ3) is 3.58. The van der Waals surface area contributed by atoms with E-state index in [1.165, 1.54) is 20.3 Å². The van der Waals surface area contributed by atoms with Gasteiger partial charge in [0.2, 0.25) is 0 Å². The molecule has 2 aromatic rings. The summed E-state index contributed by atoms with van der Waals surface area (Å²) in [4.78, 5) is 12.2. The van der Waals surface area contributed by atoms with E-state index in [4.69, 9.17) is 26.8 Å². The summed E-state index contributed by atoms with van der Waals surface area (Å²) in [5.74, 6) is 0.821. The van der Waals surface area contributed by atoms with Crippen LogP contribution in [0.4, 0.5) is 11.4 Å². The maximum absolute atomic E-state index is 12.2. The van der Waals surface area contributed by atoms with Crippen LogP contribution < -0.4 is 20.5 Å². The fourth-order valence-electron chi connectivity index (χ4n) is 1.82. The Labute approximate surface area is 127 Å². The van der Waals surface area contributed by atoms with E-state index in [2.05, 4.69) is 5.32 Å². The summed E-state index contributed by atoms with van der Waals surface area (Å²) in [5, 5.41) is 3.22. The minimum absolute atomic E-state index is 0.315. The van der Waals surface area contributed by atoms with Gasteiger partial charge in [0.1, 0.15) is 11.5 Å². The molecular formula is C15H15ClN2O3. The number of nitrogens with two attached hydrogens (primary N) is 1. The van der Waals surface area contributed by atoms with Gasteiger partial charge in [-0.2, -0.15) is 0 Å². The zero-order chi connectivity index (χ0) is 15.4. The first-order valence-electron chi connectivity index (χ1n) is 6.13. The molecule has 0 bridgehead atoms. The fraction of sp³-hybridized carbons (Fsp3) is 0.133. The van der Waals surface area contributed by atoms with Crippen LogP contribution in [0, 0.1) is 0 Å². The fourth-order valence-corrected chi connectivity index (χ4v) is 2.00. The van der Waals surface area contributed by atoms with E-state index in [-0.39, 0.29) is 5.91 Å². The van der Waals surface area contributed by atoms with Gasteiger partial charge in [-0.3, -0.25) is 4.79 Å². The van der Waals surface area contributed by atoms with E-state index in [1.807, 2.05) is 0 Å². The lowest BCUT2D eigenvalue weighted by Crippen LogP contribution is -2.14. The van der Waals surface area contributed by atoms with E-state index in [0.29, 0.717) is 33.5 Å². The molecule has 0 spiro atoms. The average Bonchev–Trinajstić information content (AvgIpc) is 2.46. The highest BCUT2D eigenvalue weighted by Crippen LogP contribution is 2.27. The van der Waals surface area contributed by atoms with Gasteiger partial charge in [0, 0.05) is 34.6 Å². The summed E-state index contributed by atoms with van der Waals surface area (Å²) in [7, 11) is 3.08. The molecule has 6 heteroatoms. The maximum atomic E-state index is 12.2. The molecule has 0 unspecified atom stereocenters. The van der Waals surface area contributed by atoms with E-state index < -0.39 is 0 Å². The van der Waals surface area contributed by atoms with Crippen LogP contribution >= 0.6 is 11.6 Å². The van der Waals surface area contributed by atoms with Gasteiger partial charge in [-0.05, 0) is 18.2 Å². The summed E-state index contributed by atoms with van der Waals surface area (Å²) >= 11 is 5.82. The highest BCUT2D eigenvalue weighted by molar-refractivity contribution is 6.31. The Hall–Kier alpha value is -2.40. The molecule has 0 atom stereocenters. The van der Waals surface area contributed by atoms with Gasteiger partial charge in [0.15, 0.2) is 0 Å². The molecule has 0 fully saturated rings. The summed E-state index contributed by atoms with van der Waals surface area (Å²) in [6, 6.07) is 9.80. The third-order valence-electron chi connectivity index (χ3n) is 2.87. The summed E-state index contributed by atoms with van der Waals surface area (Å²) in [6.45, 7) is 0. The molecule has 2 rings (SSSR count). The number of hydrogen-bond acceptors (Lipinski definition) is 4. The molecule has 5 nitrogen and oxygen atoms in total. The number of amides is 1. The summed E-state index contributed by atoms with van der Waals surface area (Å²) in [5.41, 5.74) is 7.00. The van der Waals surface area contributed by atoms with Crippen molar-refractivity contribution in [3.63, 3.8) is 0 Å². The van der Waals surface area contributed by atoms with Gasteiger partial charge in [-0.25, -0.2) is 0 Å². The molecule has 1 amide bonds. The third-order valence-corrected chi connectivity index (χ3v) is 3.10. The number of anilines is 2. The topological polar surface area (TPSA) is 73.6 Å². The van der Waals surface area contributed by atoms with Crippen molar-refractivity contribution >= 4 is 28.9 Å². The standard InChI is InChI=1S/C15H15ClN2O3/c1-20-11-6-10(7-12(8-11)21-2)18-15(19)13-4-3-9(16)5-14(13)17/h3-8H,17H2,1-2H3,(H,18,19). The second-order valence-corrected chi connectivity index (χ2v) is 4.72. The lowest BCUT2D eigenvalue weighted by molar-refractivity contribution is 0.102. The SMILES string of the molecule is COc1cc(NC(=O)c2ccc(Cl)cc2N)cc(OC)c1. The minimum atomic E-state index is -0.334. The lowest BCUT2D eigenvalue weighted by atomic mass is 10.1. The normalized spacial score (nSPS) is 10.0. The Bertz CT molecular complexity index is 652. The number of ether oxygens (including phenoxy) is 2. The predicted molar refractivity (Wildman–Crippen MR) is 83.4 cm³/mol. The van der Waals surface area contributed by atoms with Crippen LogP contribution in [0.25, 0.3) is 0 Å². The molecule has 21 heavy (non-hydrogen) atoms. The van der Waals surface area contributed by atoms with Crippen molar-refractivity contribution in [1.82, 2.24) is 0 Å². The van der Waals surface area contributed by atoms with Crippen LogP contribution in [0.1, 0.15) is 10.4 Å². The number of benzene rings is 2. The number of rotatable bonds is 4. The molecular weight excluding hydrogens is 292 g/mol. The van der Waals surface area contributed by atoms with Crippen molar-refractivity contribution in [3.8, 4) is 11.5 Å². The Morgan fingerprint density at radius 1 is 1.10 bits per heavy atom. The molecule has 0 saturated heterocycles. The first-order valence-corrected chi connectivity index (χ1v) is 6.50. The van der Waals surface area contributed by atoms with Gasteiger partial charge in [-0.1, -0.05) is 11.6 Å². The Morgan fingerprint density at radius 3 is 2.24 bits per heavy atom. The first-order chi connectivity index (χ1) is 10.0. The van der Waals surface area contributed by atoms with Gasteiger partial charge >= 0.3 is 0 Å². The van der Waals surface area contributed by atoms with Crippen molar-refractivity contribution in [2.24, 2.45) is 0 Å². The average molecular weight is 307 g/mol. The van der Waals surface area contributed by atoms with E-state index in [1.54, 1.807) is 30.3 Å². The number of nitrogens with one attached hydrogen (secondary N) is 1. The molecule has 0 aromatic heterocycles. The van der Waals surface area contributed by atoms with E-state index in [0.717, 1.165) is 0 Å². The molecule has 0 aliphatic heterocycles. The summed E-state index contributed by atoms with van der Waals surface area (Å²) < 4.78 is 10.3. The zero-order valence-electron chi connectivity index (χ0n) is 11.6. The Morgan fingerprint density at radius 2 is 1.71 bits per heavy atom. The Balaban J connectivity index is 2.26. The van der Waals surface area contributed by atoms with Crippen molar-refractivity contribution < 1.29 is 14.3 Å². The molecule has 3 N–H and O–H groups in total. The highest BCUT2D eigenvalue weighted by atomic mass is 35.5. The number of carbonyl (C=O) groups is 1. The Kier molecular flexibility index (Phi) is 4.55. The van der Waals surface area contributed by atoms with Crippen molar-refractivity contribution in [2.45, 2.75) is 0 Å². The van der Waals surface area contributed by atoms with Gasteiger partial charge in [0.05, 0.1) is 19.8 Å². The van der Waals surface area contributed by atoms with E-state index >= 15 is 0 Å². The summed E-state index contributed by atoms with van der Waals surface area (Å²) in [6.07, 6.45) is 0. The van der Waals surface area contributed by atoms with Gasteiger partial charge < -0.3 is 20.5 Å². The van der Waals surface area contributed by atoms with Gasteiger partial charge in [-0.15, -0.1) is 0 Å². The monoisotopic (exact) mass is 306 g/mol. The van der Waals surface area contributed by atoms with E-state index in [9.17, 15) is 4.79 Å². The van der Waals surface area contributed by atoms with Crippen LogP contribution in [-0.4, -0.2) is 20.1 Å².